The zero-order valence-electron chi connectivity index (χ0n) is 19.7. The first-order valence-electron chi connectivity index (χ1n) is 11.0. The maximum absolute atomic E-state index is 12.9. The number of nitrogens with one attached hydrogen (secondary N) is 2. The van der Waals surface area contributed by atoms with E-state index in [-0.39, 0.29) is 24.5 Å². The molecular formula is C26H29N3O5. The van der Waals surface area contributed by atoms with Gasteiger partial charge in [0.1, 0.15) is 5.75 Å². The Labute approximate surface area is 198 Å². The zero-order valence-corrected chi connectivity index (χ0v) is 19.7. The third-order valence-corrected chi connectivity index (χ3v) is 5.50. The van der Waals surface area contributed by atoms with Crippen molar-refractivity contribution in [3.63, 3.8) is 0 Å². The van der Waals surface area contributed by atoms with Crippen LogP contribution in [-0.4, -0.2) is 28.3 Å². The second-order valence-electron chi connectivity index (χ2n) is 8.05. The molecule has 0 aliphatic carbocycles. The lowest BCUT2D eigenvalue weighted by molar-refractivity contribution is -0.143. The predicted octanol–water partition coefficient (Wildman–Crippen LogP) is 4.19. The van der Waals surface area contributed by atoms with Crippen LogP contribution in [0.4, 0.5) is 10.5 Å². The molecule has 2 amide bonds. The number of amides is 2. The summed E-state index contributed by atoms with van der Waals surface area (Å²) in [5, 5.41) is 15.5. The Balaban J connectivity index is 1.93. The molecule has 0 bridgehead atoms. The van der Waals surface area contributed by atoms with Gasteiger partial charge in [0.05, 0.1) is 19.1 Å². The van der Waals surface area contributed by atoms with E-state index in [0.717, 1.165) is 16.7 Å². The van der Waals surface area contributed by atoms with E-state index in [4.69, 9.17) is 4.74 Å². The van der Waals surface area contributed by atoms with Crippen molar-refractivity contribution in [1.29, 1.82) is 0 Å². The van der Waals surface area contributed by atoms with Crippen molar-refractivity contribution < 1.29 is 19.4 Å². The van der Waals surface area contributed by atoms with Crippen molar-refractivity contribution in [2.24, 2.45) is 7.05 Å². The molecule has 3 aromatic rings. The summed E-state index contributed by atoms with van der Waals surface area (Å²) in [6.07, 6.45) is 1.37. The van der Waals surface area contributed by atoms with E-state index < -0.39 is 23.6 Å². The van der Waals surface area contributed by atoms with Gasteiger partial charge in [-0.2, -0.15) is 0 Å². The van der Waals surface area contributed by atoms with Crippen molar-refractivity contribution in [3.05, 3.63) is 81.8 Å². The molecule has 8 nitrogen and oxygen atoms in total. The van der Waals surface area contributed by atoms with Gasteiger partial charge in [-0.15, -0.1) is 0 Å². The standard InChI is InChI=1S/C26H29N3O5/c1-5-34-22(30)14-21(19-12-11-16(2)20(13-19)18-9-7-6-8-10-18)27-26(33)28-23-24(31)17(3)15-29(4)25(23)32/h6-13,15,21,31H,5,14H2,1-4H3,(H2,27,28,33)/t21-/m0/s1. The fraction of sp³-hybridized carbons (Fsp3) is 0.269. The highest BCUT2D eigenvalue weighted by Gasteiger charge is 2.22. The minimum atomic E-state index is -0.728. The molecule has 0 saturated carbocycles. The minimum absolute atomic E-state index is 0.101. The van der Waals surface area contributed by atoms with Gasteiger partial charge in [-0.1, -0.05) is 42.5 Å². The van der Waals surface area contributed by atoms with Gasteiger partial charge in [-0.3, -0.25) is 9.59 Å². The SMILES string of the molecule is CCOC(=O)C[C@H](NC(=O)Nc1c(O)c(C)cn(C)c1=O)c1ccc(C)c(-c2ccccc2)c1. The van der Waals surface area contributed by atoms with Gasteiger partial charge in [0.15, 0.2) is 5.69 Å². The second-order valence-corrected chi connectivity index (χ2v) is 8.05. The van der Waals surface area contributed by atoms with Gasteiger partial charge < -0.3 is 25.0 Å². The molecule has 2 aromatic carbocycles. The molecule has 8 heteroatoms. The average Bonchev–Trinajstić information content (AvgIpc) is 2.81. The number of ether oxygens (including phenoxy) is 1. The smallest absolute Gasteiger partial charge is 0.319 e. The number of carbonyl (C=O) groups excluding carboxylic acids is 2. The molecule has 0 spiro atoms. The van der Waals surface area contributed by atoms with E-state index in [1.54, 1.807) is 13.8 Å². The number of hydrogen-bond donors (Lipinski definition) is 3. The topological polar surface area (TPSA) is 110 Å². The highest BCUT2D eigenvalue weighted by atomic mass is 16.5. The Hall–Kier alpha value is -4.07. The van der Waals surface area contributed by atoms with E-state index in [2.05, 4.69) is 10.6 Å². The van der Waals surface area contributed by atoms with Crippen LogP contribution in [0.5, 0.6) is 5.75 Å². The lowest BCUT2D eigenvalue weighted by Crippen LogP contribution is -2.36. The van der Waals surface area contributed by atoms with Crippen LogP contribution in [0.3, 0.4) is 0 Å². The normalized spacial score (nSPS) is 11.5. The quantitative estimate of drug-likeness (QED) is 0.455. The summed E-state index contributed by atoms with van der Waals surface area (Å²) in [7, 11) is 1.53. The van der Waals surface area contributed by atoms with Gasteiger partial charge >= 0.3 is 12.0 Å². The predicted molar refractivity (Wildman–Crippen MR) is 131 cm³/mol. The first-order chi connectivity index (χ1) is 16.2. The van der Waals surface area contributed by atoms with Gasteiger partial charge in [0, 0.05) is 18.8 Å². The molecule has 1 heterocycles. The van der Waals surface area contributed by atoms with Gasteiger partial charge in [0.2, 0.25) is 0 Å². The Morgan fingerprint density at radius 1 is 1.09 bits per heavy atom. The lowest BCUT2D eigenvalue weighted by atomic mass is 9.94. The number of benzene rings is 2. The lowest BCUT2D eigenvalue weighted by Gasteiger charge is -2.21. The molecule has 1 aromatic heterocycles. The summed E-state index contributed by atoms with van der Waals surface area (Å²) >= 11 is 0. The number of aryl methyl sites for hydroxylation is 3. The summed E-state index contributed by atoms with van der Waals surface area (Å²) in [4.78, 5) is 37.6. The number of pyridine rings is 1. The summed E-state index contributed by atoms with van der Waals surface area (Å²) in [5.41, 5.74) is 3.38. The maximum atomic E-state index is 12.9. The van der Waals surface area contributed by atoms with E-state index in [1.165, 1.54) is 17.8 Å². The molecule has 3 N–H and O–H groups in total. The highest BCUT2D eigenvalue weighted by Crippen LogP contribution is 2.29. The number of aromatic nitrogens is 1. The highest BCUT2D eigenvalue weighted by molar-refractivity contribution is 5.91. The van der Waals surface area contributed by atoms with Crippen LogP contribution >= 0.6 is 0 Å². The number of rotatable bonds is 7. The summed E-state index contributed by atoms with van der Waals surface area (Å²) in [6.45, 7) is 5.54. The fourth-order valence-corrected chi connectivity index (χ4v) is 3.73. The molecule has 3 rings (SSSR count). The zero-order chi connectivity index (χ0) is 24.8. The van der Waals surface area contributed by atoms with Crippen molar-refractivity contribution >= 4 is 17.7 Å². The van der Waals surface area contributed by atoms with Gasteiger partial charge in [-0.05, 0) is 49.1 Å². The Bertz CT molecular complexity index is 1250. The van der Waals surface area contributed by atoms with Gasteiger partial charge in [0.25, 0.3) is 5.56 Å². The van der Waals surface area contributed by atoms with Crippen LogP contribution in [0.25, 0.3) is 11.1 Å². The number of carbonyl (C=O) groups is 2. The maximum Gasteiger partial charge on any atom is 0.319 e. The first kappa shape index (κ1) is 24.6. The Morgan fingerprint density at radius 2 is 1.79 bits per heavy atom. The molecule has 0 saturated heterocycles. The number of aromatic hydroxyl groups is 1. The van der Waals surface area contributed by atoms with Crippen LogP contribution in [0.2, 0.25) is 0 Å². The third-order valence-electron chi connectivity index (χ3n) is 5.50. The van der Waals surface area contributed by atoms with Crippen molar-refractivity contribution in [3.8, 4) is 16.9 Å². The van der Waals surface area contributed by atoms with Gasteiger partial charge in [-0.25, -0.2) is 4.79 Å². The Morgan fingerprint density at radius 3 is 2.47 bits per heavy atom. The summed E-state index contributed by atoms with van der Waals surface area (Å²) < 4.78 is 6.37. The monoisotopic (exact) mass is 463 g/mol. The molecule has 0 radical (unpaired) electrons. The number of esters is 1. The second kappa shape index (κ2) is 10.7. The number of urea groups is 1. The van der Waals surface area contributed by atoms with E-state index in [1.807, 2.05) is 55.5 Å². The first-order valence-corrected chi connectivity index (χ1v) is 11.0. The van der Waals surface area contributed by atoms with Crippen LogP contribution in [0.1, 0.15) is 36.1 Å². The number of hydrogen-bond acceptors (Lipinski definition) is 5. The fourth-order valence-electron chi connectivity index (χ4n) is 3.73. The number of nitrogens with zero attached hydrogens (tertiary/aromatic N) is 1. The van der Waals surface area contributed by atoms with E-state index in [9.17, 15) is 19.5 Å². The molecule has 34 heavy (non-hydrogen) atoms. The minimum Gasteiger partial charge on any atom is -0.505 e. The van der Waals surface area contributed by atoms with Crippen LogP contribution in [0.15, 0.2) is 59.5 Å². The summed E-state index contributed by atoms with van der Waals surface area (Å²) in [5.74, 6) is -0.772. The number of anilines is 1. The molecule has 0 unspecified atom stereocenters. The molecule has 0 aliphatic rings. The molecule has 1 atom stereocenters. The van der Waals surface area contributed by atoms with Crippen molar-refractivity contribution in [1.82, 2.24) is 9.88 Å². The third kappa shape index (κ3) is 5.64. The van der Waals surface area contributed by atoms with Crippen LogP contribution < -0.4 is 16.2 Å². The largest absolute Gasteiger partial charge is 0.505 e. The molecule has 0 aliphatic heterocycles. The van der Waals surface area contributed by atoms with Crippen molar-refractivity contribution in [2.45, 2.75) is 33.2 Å². The van der Waals surface area contributed by atoms with Crippen LogP contribution in [0, 0.1) is 13.8 Å². The van der Waals surface area contributed by atoms with E-state index >= 15 is 0 Å². The van der Waals surface area contributed by atoms with Crippen molar-refractivity contribution in [2.75, 3.05) is 11.9 Å². The molecular weight excluding hydrogens is 434 g/mol. The van der Waals surface area contributed by atoms with E-state index in [0.29, 0.717) is 11.1 Å². The molecule has 178 valence electrons. The summed E-state index contributed by atoms with van der Waals surface area (Å²) in [6, 6.07) is 14.0. The Kier molecular flexibility index (Phi) is 7.73. The van der Waals surface area contributed by atoms with Crippen LogP contribution in [-0.2, 0) is 16.6 Å². The molecule has 0 fully saturated rings. The average molecular weight is 464 g/mol.